The zero-order valence-electron chi connectivity index (χ0n) is 9.25. The highest BCUT2D eigenvalue weighted by atomic mass is 16.1. The second-order valence-corrected chi connectivity index (χ2v) is 4.58. The molecule has 1 N–H and O–H groups in total. The first-order valence-electron chi connectivity index (χ1n) is 5.56. The summed E-state index contributed by atoms with van der Waals surface area (Å²) in [5.41, 5.74) is 0. The monoisotopic (exact) mass is 195 g/mol. The Bertz CT molecular complexity index is 210. The van der Waals surface area contributed by atoms with Crippen molar-refractivity contribution in [3.63, 3.8) is 0 Å². The zero-order chi connectivity index (χ0) is 10.6. The molecule has 1 rings (SSSR count). The predicted molar refractivity (Wildman–Crippen MR) is 58.9 cm³/mol. The normalized spacial score (nSPS) is 27.4. The summed E-state index contributed by atoms with van der Waals surface area (Å²) in [5.74, 6) is 1.48. The highest BCUT2D eigenvalue weighted by molar-refractivity contribution is 5.87. The maximum atomic E-state index is 11.1. The summed E-state index contributed by atoms with van der Waals surface area (Å²) in [7, 11) is 0. The Balaban J connectivity index is 2.39. The van der Waals surface area contributed by atoms with Gasteiger partial charge in [0, 0.05) is 6.04 Å². The Labute approximate surface area is 86.8 Å². The van der Waals surface area contributed by atoms with Gasteiger partial charge in [-0.25, -0.2) is 0 Å². The van der Waals surface area contributed by atoms with Gasteiger partial charge >= 0.3 is 0 Å². The van der Waals surface area contributed by atoms with Crippen LogP contribution in [-0.2, 0) is 4.79 Å². The molecular weight excluding hydrogens is 174 g/mol. The van der Waals surface area contributed by atoms with Gasteiger partial charge in [-0.2, -0.15) is 0 Å². The van der Waals surface area contributed by atoms with E-state index in [0.717, 1.165) is 24.7 Å². The molecule has 0 aromatic heterocycles. The summed E-state index contributed by atoms with van der Waals surface area (Å²) >= 11 is 0. The summed E-state index contributed by atoms with van der Waals surface area (Å²) in [5, 5.41) is 3.00. The minimum atomic E-state index is -0.0283. The molecule has 0 aromatic carbocycles. The Morgan fingerprint density at radius 2 is 2.21 bits per heavy atom. The lowest BCUT2D eigenvalue weighted by Crippen LogP contribution is -2.38. The SMILES string of the molecule is C=CC(=O)NC1CCC[C@@H](C(C)C)C1. The fraction of sp³-hybridized carbons (Fsp3) is 0.750. The molecule has 1 aliphatic carbocycles. The quantitative estimate of drug-likeness (QED) is 0.689. The van der Waals surface area contributed by atoms with Crippen LogP contribution in [0.15, 0.2) is 12.7 Å². The van der Waals surface area contributed by atoms with E-state index in [2.05, 4.69) is 25.7 Å². The summed E-state index contributed by atoms with van der Waals surface area (Å²) in [4.78, 5) is 11.1. The third-order valence-corrected chi connectivity index (χ3v) is 3.19. The van der Waals surface area contributed by atoms with E-state index in [1.807, 2.05) is 0 Å². The number of carbonyl (C=O) groups excluding carboxylic acids is 1. The smallest absolute Gasteiger partial charge is 0.243 e. The van der Waals surface area contributed by atoms with Gasteiger partial charge in [0.15, 0.2) is 0 Å². The summed E-state index contributed by atoms with van der Waals surface area (Å²) in [6, 6.07) is 0.377. The highest BCUT2D eigenvalue weighted by Crippen LogP contribution is 2.29. The molecule has 1 amide bonds. The van der Waals surface area contributed by atoms with Gasteiger partial charge in [-0.15, -0.1) is 0 Å². The van der Waals surface area contributed by atoms with Crippen molar-refractivity contribution in [2.45, 2.75) is 45.6 Å². The molecule has 0 heterocycles. The molecule has 2 nitrogen and oxygen atoms in total. The fourth-order valence-electron chi connectivity index (χ4n) is 2.22. The van der Waals surface area contributed by atoms with Crippen LogP contribution in [0, 0.1) is 11.8 Å². The maximum Gasteiger partial charge on any atom is 0.243 e. The van der Waals surface area contributed by atoms with Crippen molar-refractivity contribution >= 4 is 5.91 Å². The molecule has 0 spiro atoms. The average Bonchev–Trinajstić information content (AvgIpc) is 2.18. The predicted octanol–water partition coefficient (Wildman–Crippen LogP) is 2.50. The first-order valence-corrected chi connectivity index (χ1v) is 5.56. The molecule has 1 aliphatic rings. The third kappa shape index (κ3) is 3.17. The number of nitrogens with one attached hydrogen (secondary N) is 1. The molecule has 1 unspecified atom stereocenters. The lowest BCUT2D eigenvalue weighted by Gasteiger charge is -2.31. The van der Waals surface area contributed by atoms with E-state index in [1.165, 1.54) is 18.9 Å². The van der Waals surface area contributed by atoms with Crippen LogP contribution in [-0.4, -0.2) is 11.9 Å². The Kier molecular flexibility index (Phi) is 4.18. The van der Waals surface area contributed by atoms with Gasteiger partial charge in [-0.1, -0.05) is 33.3 Å². The highest BCUT2D eigenvalue weighted by Gasteiger charge is 2.24. The van der Waals surface area contributed by atoms with E-state index in [4.69, 9.17) is 0 Å². The maximum absolute atomic E-state index is 11.1. The molecule has 0 saturated heterocycles. The van der Waals surface area contributed by atoms with E-state index in [1.54, 1.807) is 0 Å². The molecule has 2 atom stereocenters. The van der Waals surface area contributed by atoms with Gasteiger partial charge in [0.2, 0.25) is 5.91 Å². The molecule has 14 heavy (non-hydrogen) atoms. The Morgan fingerprint density at radius 3 is 2.79 bits per heavy atom. The van der Waals surface area contributed by atoms with Crippen LogP contribution in [0.25, 0.3) is 0 Å². The van der Waals surface area contributed by atoms with Gasteiger partial charge in [-0.3, -0.25) is 4.79 Å². The second kappa shape index (κ2) is 5.18. The van der Waals surface area contributed by atoms with Crippen molar-refractivity contribution in [1.29, 1.82) is 0 Å². The van der Waals surface area contributed by atoms with Crippen LogP contribution >= 0.6 is 0 Å². The van der Waals surface area contributed by atoms with Crippen molar-refractivity contribution < 1.29 is 4.79 Å². The first kappa shape index (κ1) is 11.3. The minimum Gasteiger partial charge on any atom is -0.350 e. The molecule has 0 aromatic rings. The molecule has 80 valence electrons. The summed E-state index contributed by atoms with van der Waals surface area (Å²) in [6.07, 6.45) is 6.18. The van der Waals surface area contributed by atoms with Gasteiger partial charge in [0.1, 0.15) is 0 Å². The number of hydrogen-bond donors (Lipinski definition) is 1. The van der Waals surface area contributed by atoms with E-state index < -0.39 is 0 Å². The van der Waals surface area contributed by atoms with Gasteiger partial charge in [0.05, 0.1) is 0 Å². The summed E-state index contributed by atoms with van der Waals surface area (Å²) in [6.45, 7) is 8.00. The number of hydrogen-bond acceptors (Lipinski definition) is 1. The lowest BCUT2D eigenvalue weighted by atomic mass is 9.79. The standard InChI is InChI=1S/C12H21NO/c1-4-12(14)13-11-7-5-6-10(8-11)9(2)3/h4,9-11H,1,5-8H2,2-3H3,(H,13,14)/t10-,11?/m1/s1. The van der Waals surface area contributed by atoms with Crippen LogP contribution in [0.1, 0.15) is 39.5 Å². The van der Waals surface area contributed by atoms with E-state index in [9.17, 15) is 4.79 Å². The van der Waals surface area contributed by atoms with Crippen LogP contribution in [0.2, 0.25) is 0 Å². The molecule has 1 fully saturated rings. The van der Waals surface area contributed by atoms with Crippen molar-refractivity contribution in [2.24, 2.45) is 11.8 Å². The lowest BCUT2D eigenvalue weighted by molar-refractivity contribution is -0.117. The second-order valence-electron chi connectivity index (χ2n) is 4.58. The Morgan fingerprint density at radius 1 is 1.50 bits per heavy atom. The number of amides is 1. The fourth-order valence-corrected chi connectivity index (χ4v) is 2.22. The molecule has 0 bridgehead atoms. The third-order valence-electron chi connectivity index (χ3n) is 3.19. The van der Waals surface area contributed by atoms with Crippen molar-refractivity contribution in [2.75, 3.05) is 0 Å². The van der Waals surface area contributed by atoms with E-state index in [0.29, 0.717) is 6.04 Å². The average molecular weight is 195 g/mol. The first-order chi connectivity index (χ1) is 6.63. The van der Waals surface area contributed by atoms with E-state index >= 15 is 0 Å². The van der Waals surface area contributed by atoms with Crippen LogP contribution < -0.4 is 5.32 Å². The minimum absolute atomic E-state index is 0.0283. The molecule has 1 saturated carbocycles. The van der Waals surface area contributed by atoms with Crippen LogP contribution in [0.3, 0.4) is 0 Å². The van der Waals surface area contributed by atoms with Crippen molar-refractivity contribution in [3.05, 3.63) is 12.7 Å². The van der Waals surface area contributed by atoms with E-state index in [-0.39, 0.29) is 5.91 Å². The molecule has 0 radical (unpaired) electrons. The number of rotatable bonds is 3. The Hall–Kier alpha value is -0.790. The molecular formula is C12H21NO. The van der Waals surface area contributed by atoms with Crippen molar-refractivity contribution in [1.82, 2.24) is 5.32 Å². The summed E-state index contributed by atoms with van der Waals surface area (Å²) < 4.78 is 0. The van der Waals surface area contributed by atoms with Gasteiger partial charge in [-0.05, 0) is 30.8 Å². The topological polar surface area (TPSA) is 29.1 Å². The van der Waals surface area contributed by atoms with Gasteiger partial charge < -0.3 is 5.32 Å². The van der Waals surface area contributed by atoms with Crippen molar-refractivity contribution in [3.8, 4) is 0 Å². The van der Waals surface area contributed by atoms with Crippen LogP contribution in [0.4, 0.5) is 0 Å². The molecule has 2 heteroatoms. The largest absolute Gasteiger partial charge is 0.350 e. The van der Waals surface area contributed by atoms with Crippen LogP contribution in [0.5, 0.6) is 0 Å². The van der Waals surface area contributed by atoms with Gasteiger partial charge in [0.25, 0.3) is 0 Å². The number of carbonyl (C=O) groups is 1. The molecule has 0 aliphatic heterocycles. The zero-order valence-corrected chi connectivity index (χ0v) is 9.25.